The summed E-state index contributed by atoms with van der Waals surface area (Å²) >= 11 is 1.55. The number of para-hydroxylation sites is 1. The molecule has 1 aliphatic rings. The molecular formula is C23H26N2O4S. The molecule has 6 nitrogen and oxygen atoms in total. The van der Waals surface area contributed by atoms with Crippen LogP contribution in [-0.2, 0) is 9.53 Å². The normalized spacial score (nSPS) is 16.0. The molecule has 1 amide bonds. The maximum Gasteiger partial charge on any atom is 0.228 e. The molecule has 1 unspecified atom stereocenters. The Hall–Kier alpha value is -2.64. The van der Waals surface area contributed by atoms with E-state index in [1.54, 1.807) is 23.3 Å². The van der Waals surface area contributed by atoms with Crippen molar-refractivity contribution < 1.29 is 19.0 Å². The van der Waals surface area contributed by atoms with Crippen molar-refractivity contribution in [2.45, 2.75) is 31.8 Å². The fraction of sp³-hybridized carbons (Fsp3) is 0.391. The molecule has 2 aromatic carbocycles. The van der Waals surface area contributed by atoms with E-state index in [1.807, 2.05) is 48.5 Å². The number of thiazole rings is 1. The summed E-state index contributed by atoms with van der Waals surface area (Å²) in [4.78, 5) is 19.6. The van der Waals surface area contributed by atoms with Gasteiger partial charge >= 0.3 is 0 Å². The molecule has 1 atom stereocenters. The van der Waals surface area contributed by atoms with Gasteiger partial charge < -0.3 is 14.2 Å². The predicted octanol–water partition coefficient (Wildman–Crippen LogP) is 4.68. The van der Waals surface area contributed by atoms with Gasteiger partial charge in [-0.25, -0.2) is 4.98 Å². The number of anilines is 1. The number of fused-ring (bicyclic) bond motifs is 1. The Kier molecular flexibility index (Phi) is 6.81. The molecule has 30 heavy (non-hydrogen) atoms. The summed E-state index contributed by atoms with van der Waals surface area (Å²) < 4.78 is 17.8. The molecule has 3 aromatic rings. The van der Waals surface area contributed by atoms with E-state index >= 15 is 0 Å². The molecule has 1 aliphatic heterocycles. The highest BCUT2D eigenvalue weighted by molar-refractivity contribution is 7.22. The van der Waals surface area contributed by atoms with Crippen molar-refractivity contribution in [2.75, 3.05) is 31.8 Å². The fourth-order valence-electron chi connectivity index (χ4n) is 3.47. The van der Waals surface area contributed by atoms with E-state index in [0.717, 1.165) is 46.3 Å². The van der Waals surface area contributed by atoms with Gasteiger partial charge in [0.25, 0.3) is 0 Å². The van der Waals surface area contributed by atoms with Crippen molar-refractivity contribution in [1.29, 1.82) is 0 Å². The molecule has 0 radical (unpaired) electrons. The molecule has 7 heteroatoms. The Balaban J connectivity index is 1.37. The van der Waals surface area contributed by atoms with Crippen molar-refractivity contribution in [3.63, 3.8) is 0 Å². The lowest BCUT2D eigenvalue weighted by Gasteiger charge is -2.23. The third-order valence-electron chi connectivity index (χ3n) is 5.09. The van der Waals surface area contributed by atoms with Gasteiger partial charge in [-0.15, -0.1) is 0 Å². The molecule has 1 aromatic heterocycles. The van der Waals surface area contributed by atoms with Gasteiger partial charge in [-0.05, 0) is 55.7 Å². The lowest BCUT2D eigenvalue weighted by atomic mass is 10.2. The number of carbonyl (C=O) groups is 1. The van der Waals surface area contributed by atoms with Crippen molar-refractivity contribution >= 4 is 32.6 Å². The topological polar surface area (TPSA) is 60.9 Å². The second kappa shape index (κ2) is 9.91. The van der Waals surface area contributed by atoms with Gasteiger partial charge in [0.1, 0.15) is 11.5 Å². The zero-order valence-corrected chi connectivity index (χ0v) is 17.9. The van der Waals surface area contributed by atoms with Crippen LogP contribution >= 0.6 is 11.3 Å². The van der Waals surface area contributed by atoms with Crippen molar-refractivity contribution in [2.24, 2.45) is 0 Å². The van der Waals surface area contributed by atoms with E-state index in [9.17, 15) is 4.79 Å². The number of carbonyl (C=O) groups excluding carboxylic acids is 1. The highest BCUT2D eigenvalue weighted by Crippen LogP contribution is 2.30. The van der Waals surface area contributed by atoms with Crippen LogP contribution in [0, 0.1) is 0 Å². The molecule has 0 spiro atoms. The van der Waals surface area contributed by atoms with Crippen molar-refractivity contribution in [1.82, 2.24) is 4.98 Å². The molecule has 0 saturated carbocycles. The molecule has 0 bridgehead atoms. The van der Waals surface area contributed by atoms with Gasteiger partial charge in [-0.3, -0.25) is 9.69 Å². The maximum absolute atomic E-state index is 13.1. The van der Waals surface area contributed by atoms with Crippen LogP contribution < -0.4 is 14.4 Å². The number of amides is 1. The molecule has 0 aliphatic carbocycles. The highest BCUT2D eigenvalue weighted by atomic mass is 32.1. The third kappa shape index (κ3) is 5.09. The van der Waals surface area contributed by atoms with Crippen LogP contribution in [0.2, 0.25) is 0 Å². The summed E-state index contributed by atoms with van der Waals surface area (Å²) in [5.41, 5.74) is 0.922. The van der Waals surface area contributed by atoms with Gasteiger partial charge in [0.05, 0.1) is 36.6 Å². The number of ether oxygens (including phenoxy) is 3. The Morgan fingerprint density at radius 1 is 1.20 bits per heavy atom. The van der Waals surface area contributed by atoms with E-state index in [1.165, 1.54) is 0 Å². The van der Waals surface area contributed by atoms with E-state index in [4.69, 9.17) is 19.2 Å². The zero-order chi connectivity index (χ0) is 20.8. The summed E-state index contributed by atoms with van der Waals surface area (Å²) in [5.74, 6) is 1.62. The second-order valence-electron chi connectivity index (χ2n) is 7.23. The van der Waals surface area contributed by atoms with E-state index < -0.39 is 0 Å². The maximum atomic E-state index is 13.1. The summed E-state index contributed by atoms with van der Waals surface area (Å²) in [7, 11) is 1.63. The number of methoxy groups -OCH3 is 1. The summed E-state index contributed by atoms with van der Waals surface area (Å²) in [6.07, 6.45) is 3.14. The van der Waals surface area contributed by atoms with Crippen molar-refractivity contribution in [3.05, 3.63) is 48.5 Å². The molecular weight excluding hydrogens is 400 g/mol. The first-order valence-electron chi connectivity index (χ1n) is 10.3. The molecule has 2 heterocycles. The minimum atomic E-state index is 0.0582. The Morgan fingerprint density at radius 2 is 2.00 bits per heavy atom. The SMILES string of the molecule is COc1ccc(OCCCC(=O)N(CC2CCCO2)c2nc3ccccc3s2)cc1. The van der Waals surface area contributed by atoms with Crippen LogP contribution in [0.5, 0.6) is 11.5 Å². The number of hydrogen-bond donors (Lipinski definition) is 0. The first-order valence-corrected chi connectivity index (χ1v) is 11.1. The summed E-state index contributed by atoms with van der Waals surface area (Å²) in [6.45, 7) is 1.80. The number of benzene rings is 2. The van der Waals surface area contributed by atoms with Gasteiger partial charge in [0, 0.05) is 13.0 Å². The predicted molar refractivity (Wildman–Crippen MR) is 119 cm³/mol. The lowest BCUT2D eigenvalue weighted by molar-refractivity contribution is -0.119. The largest absolute Gasteiger partial charge is 0.497 e. The second-order valence-corrected chi connectivity index (χ2v) is 8.24. The molecule has 1 saturated heterocycles. The lowest BCUT2D eigenvalue weighted by Crippen LogP contribution is -2.37. The van der Waals surface area contributed by atoms with E-state index in [2.05, 4.69) is 0 Å². The van der Waals surface area contributed by atoms with Crippen LogP contribution in [0.4, 0.5) is 5.13 Å². The van der Waals surface area contributed by atoms with Crippen LogP contribution in [0.1, 0.15) is 25.7 Å². The monoisotopic (exact) mass is 426 g/mol. The highest BCUT2D eigenvalue weighted by Gasteiger charge is 2.25. The van der Waals surface area contributed by atoms with E-state index in [0.29, 0.717) is 26.0 Å². The molecule has 1 fully saturated rings. The average Bonchev–Trinajstić information content (AvgIpc) is 3.44. The number of aromatic nitrogens is 1. The fourth-order valence-corrected chi connectivity index (χ4v) is 4.47. The number of hydrogen-bond acceptors (Lipinski definition) is 6. The first kappa shape index (κ1) is 20.6. The molecule has 0 N–H and O–H groups in total. The Labute approximate surface area is 180 Å². The zero-order valence-electron chi connectivity index (χ0n) is 17.1. The summed E-state index contributed by atoms with van der Waals surface area (Å²) in [6, 6.07) is 15.4. The minimum Gasteiger partial charge on any atom is -0.497 e. The van der Waals surface area contributed by atoms with Gasteiger partial charge in [-0.2, -0.15) is 0 Å². The summed E-state index contributed by atoms with van der Waals surface area (Å²) in [5, 5.41) is 0.743. The van der Waals surface area contributed by atoms with Crippen LogP contribution in [0.25, 0.3) is 10.2 Å². The third-order valence-corrected chi connectivity index (χ3v) is 6.15. The Bertz CT molecular complexity index is 934. The standard InChI is InChI=1S/C23H26N2O4S/c1-27-17-10-12-18(13-11-17)28-15-5-9-22(26)25(16-19-6-4-14-29-19)23-24-20-7-2-3-8-21(20)30-23/h2-3,7-8,10-13,19H,4-6,9,14-16H2,1H3. The average molecular weight is 427 g/mol. The van der Waals surface area contributed by atoms with E-state index in [-0.39, 0.29) is 12.0 Å². The molecule has 158 valence electrons. The van der Waals surface area contributed by atoms with Gasteiger partial charge in [0.2, 0.25) is 5.91 Å². The number of rotatable bonds is 9. The number of nitrogens with zero attached hydrogens (tertiary/aromatic N) is 2. The van der Waals surface area contributed by atoms with Gasteiger partial charge in [-0.1, -0.05) is 23.5 Å². The smallest absolute Gasteiger partial charge is 0.228 e. The van der Waals surface area contributed by atoms with Crippen molar-refractivity contribution in [3.8, 4) is 11.5 Å². The quantitative estimate of drug-likeness (QED) is 0.465. The van der Waals surface area contributed by atoms with Crippen LogP contribution in [-0.4, -0.2) is 43.9 Å². The van der Waals surface area contributed by atoms with Crippen LogP contribution in [0.3, 0.4) is 0 Å². The minimum absolute atomic E-state index is 0.0582. The van der Waals surface area contributed by atoms with Gasteiger partial charge in [0.15, 0.2) is 5.13 Å². The van der Waals surface area contributed by atoms with Crippen LogP contribution in [0.15, 0.2) is 48.5 Å². The first-order chi connectivity index (χ1) is 14.7. The molecule has 4 rings (SSSR count). The Morgan fingerprint density at radius 3 is 2.73 bits per heavy atom.